The molecule has 1 heterocycles. The van der Waals surface area contributed by atoms with Crippen LogP contribution in [-0.2, 0) is 0 Å². The highest BCUT2D eigenvalue weighted by Crippen LogP contribution is 2.47. The molecule has 4 N–H and O–H groups in total. The summed E-state index contributed by atoms with van der Waals surface area (Å²) in [6.45, 7) is 6.96. The first kappa shape index (κ1) is 14.1. The van der Waals surface area contributed by atoms with Crippen molar-refractivity contribution in [1.29, 1.82) is 0 Å². The van der Waals surface area contributed by atoms with Crippen molar-refractivity contribution in [2.24, 2.45) is 5.41 Å². The number of anilines is 2. The number of carbonyl (C=O) groups is 1. The summed E-state index contributed by atoms with van der Waals surface area (Å²) in [6.07, 6.45) is 3.54. The highest BCUT2D eigenvalue weighted by Gasteiger charge is 2.40. The molecule has 106 valence electrons. The van der Waals surface area contributed by atoms with Crippen molar-refractivity contribution in [3.8, 4) is 0 Å². The lowest BCUT2D eigenvalue weighted by atomic mass is 10.0. The standard InChI is InChI=1S/C13H22N4OS/c1-4-13(5-6-13)7-15-11(18)9-10(14)17-12(19-9)16-8(2)3/h8H,4-7,14H2,1-3H3,(H,15,18)(H,16,17). The molecule has 1 aliphatic rings. The zero-order valence-corrected chi connectivity index (χ0v) is 12.6. The Balaban J connectivity index is 1.96. The van der Waals surface area contributed by atoms with Crippen LogP contribution in [-0.4, -0.2) is 23.5 Å². The van der Waals surface area contributed by atoms with E-state index in [4.69, 9.17) is 5.73 Å². The first-order valence-electron chi connectivity index (χ1n) is 6.77. The lowest BCUT2D eigenvalue weighted by Crippen LogP contribution is -2.29. The summed E-state index contributed by atoms with van der Waals surface area (Å²) in [5.41, 5.74) is 6.15. The lowest BCUT2D eigenvalue weighted by molar-refractivity contribution is 0.0949. The molecule has 1 fully saturated rings. The van der Waals surface area contributed by atoms with Crippen molar-refractivity contribution in [2.45, 2.75) is 46.1 Å². The van der Waals surface area contributed by atoms with Gasteiger partial charge in [-0.3, -0.25) is 4.79 Å². The molecule has 1 aliphatic carbocycles. The Kier molecular flexibility index (Phi) is 3.99. The first-order chi connectivity index (χ1) is 8.96. The van der Waals surface area contributed by atoms with E-state index >= 15 is 0 Å². The average Bonchev–Trinajstić information content (AvgIpc) is 3.04. The molecule has 1 amide bonds. The molecule has 5 nitrogen and oxygen atoms in total. The Morgan fingerprint density at radius 2 is 2.21 bits per heavy atom. The largest absolute Gasteiger partial charge is 0.382 e. The van der Waals surface area contributed by atoms with Gasteiger partial charge in [0.05, 0.1) is 0 Å². The minimum Gasteiger partial charge on any atom is -0.382 e. The number of nitrogens with two attached hydrogens (primary N) is 1. The van der Waals surface area contributed by atoms with Gasteiger partial charge in [-0.2, -0.15) is 0 Å². The van der Waals surface area contributed by atoms with E-state index in [9.17, 15) is 4.79 Å². The van der Waals surface area contributed by atoms with Gasteiger partial charge in [-0.15, -0.1) is 0 Å². The third-order valence-electron chi connectivity index (χ3n) is 3.60. The molecule has 0 atom stereocenters. The predicted octanol–water partition coefficient (Wildman–Crippen LogP) is 2.47. The van der Waals surface area contributed by atoms with Crippen molar-refractivity contribution < 1.29 is 4.79 Å². The number of hydrogen-bond donors (Lipinski definition) is 3. The van der Waals surface area contributed by atoms with Crippen LogP contribution >= 0.6 is 11.3 Å². The zero-order valence-electron chi connectivity index (χ0n) is 11.7. The number of nitrogens with zero attached hydrogens (tertiary/aromatic N) is 1. The summed E-state index contributed by atoms with van der Waals surface area (Å²) in [5.74, 6) is 0.207. The second-order valence-electron chi connectivity index (χ2n) is 5.57. The Bertz CT molecular complexity index is 465. The highest BCUT2D eigenvalue weighted by molar-refractivity contribution is 7.18. The first-order valence-corrected chi connectivity index (χ1v) is 7.58. The van der Waals surface area contributed by atoms with Gasteiger partial charge in [0.15, 0.2) is 5.13 Å². The van der Waals surface area contributed by atoms with E-state index in [1.165, 1.54) is 24.2 Å². The second-order valence-corrected chi connectivity index (χ2v) is 6.57. The Labute approximate surface area is 118 Å². The van der Waals surface area contributed by atoms with Crippen molar-refractivity contribution in [2.75, 3.05) is 17.6 Å². The highest BCUT2D eigenvalue weighted by atomic mass is 32.1. The maximum Gasteiger partial charge on any atom is 0.265 e. The van der Waals surface area contributed by atoms with Crippen molar-refractivity contribution in [3.63, 3.8) is 0 Å². The van der Waals surface area contributed by atoms with E-state index < -0.39 is 0 Å². The van der Waals surface area contributed by atoms with Gasteiger partial charge in [0.25, 0.3) is 5.91 Å². The minimum absolute atomic E-state index is 0.105. The number of amides is 1. The summed E-state index contributed by atoms with van der Waals surface area (Å²) >= 11 is 1.32. The number of carbonyl (C=O) groups excluding carboxylic acids is 1. The molecule has 0 radical (unpaired) electrons. The summed E-state index contributed by atoms with van der Waals surface area (Å²) in [5, 5.41) is 6.85. The number of hydrogen-bond acceptors (Lipinski definition) is 5. The number of nitrogens with one attached hydrogen (secondary N) is 2. The monoisotopic (exact) mass is 282 g/mol. The van der Waals surface area contributed by atoms with Crippen LogP contribution in [0.1, 0.15) is 49.7 Å². The fourth-order valence-corrected chi connectivity index (χ4v) is 2.93. The smallest absolute Gasteiger partial charge is 0.265 e. The summed E-state index contributed by atoms with van der Waals surface area (Å²) in [6, 6.07) is 0.274. The number of thiazole rings is 1. The summed E-state index contributed by atoms with van der Waals surface area (Å²) in [4.78, 5) is 16.8. The zero-order chi connectivity index (χ0) is 14.0. The van der Waals surface area contributed by atoms with Crippen LogP contribution in [0, 0.1) is 5.41 Å². The molecule has 6 heteroatoms. The summed E-state index contributed by atoms with van der Waals surface area (Å²) in [7, 11) is 0. The van der Waals surface area contributed by atoms with Gasteiger partial charge in [-0.05, 0) is 38.5 Å². The molecular formula is C13H22N4OS. The van der Waals surface area contributed by atoms with Crippen molar-refractivity contribution in [1.82, 2.24) is 10.3 Å². The molecule has 1 aromatic rings. The Morgan fingerprint density at radius 1 is 1.53 bits per heavy atom. The molecule has 0 aliphatic heterocycles. The molecule has 19 heavy (non-hydrogen) atoms. The van der Waals surface area contributed by atoms with Gasteiger partial charge in [0.1, 0.15) is 10.7 Å². The van der Waals surface area contributed by atoms with Crippen LogP contribution in [0.4, 0.5) is 10.9 Å². The average molecular weight is 282 g/mol. The molecule has 1 aromatic heterocycles. The molecule has 0 saturated heterocycles. The fraction of sp³-hybridized carbons (Fsp3) is 0.692. The van der Waals surface area contributed by atoms with Crippen LogP contribution in [0.5, 0.6) is 0 Å². The van der Waals surface area contributed by atoms with Crippen molar-refractivity contribution in [3.05, 3.63) is 4.88 Å². The summed E-state index contributed by atoms with van der Waals surface area (Å²) < 4.78 is 0. The minimum atomic E-state index is -0.105. The molecule has 1 saturated carbocycles. The van der Waals surface area contributed by atoms with Crippen LogP contribution in [0.2, 0.25) is 0 Å². The third-order valence-corrected chi connectivity index (χ3v) is 4.60. The normalized spacial score (nSPS) is 16.4. The predicted molar refractivity (Wildman–Crippen MR) is 79.6 cm³/mol. The number of rotatable bonds is 6. The SMILES string of the molecule is CCC1(CNC(=O)c2sc(NC(C)C)nc2N)CC1. The van der Waals surface area contributed by atoms with E-state index in [0.29, 0.717) is 21.2 Å². The lowest BCUT2D eigenvalue weighted by Gasteiger charge is -2.12. The van der Waals surface area contributed by atoms with Crippen LogP contribution in [0.3, 0.4) is 0 Å². The van der Waals surface area contributed by atoms with Gasteiger partial charge in [-0.1, -0.05) is 18.3 Å². The van der Waals surface area contributed by atoms with Gasteiger partial charge >= 0.3 is 0 Å². The van der Waals surface area contributed by atoms with E-state index in [-0.39, 0.29) is 11.9 Å². The van der Waals surface area contributed by atoms with Crippen LogP contribution in [0.15, 0.2) is 0 Å². The number of nitrogen functional groups attached to an aromatic ring is 1. The van der Waals surface area contributed by atoms with Gasteiger partial charge in [-0.25, -0.2) is 4.98 Å². The topological polar surface area (TPSA) is 80.0 Å². The molecule has 0 bridgehead atoms. The molecular weight excluding hydrogens is 260 g/mol. The van der Waals surface area contributed by atoms with E-state index in [1.807, 2.05) is 13.8 Å². The van der Waals surface area contributed by atoms with Gasteiger partial charge < -0.3 is 16.4 Å². The van der Waals surface area contributed by atoms with Crippen LogP contribution in [0.25, 0.3) is 0 Å². The molecule has 0 aromatic carbocycles. The van der Waals surface area contributed by atoms with Gasteiger partial charge in [0.2, 0.25) is 0 Å². The van der Waals surface area contributed by atoms with E-state index in [0.717, 1.165) is 13.0 Å². The fourth-order valence-electron chi connectivity index (χ4n) is 1.98. The second kappa shape index (κ2) is 5.36. The van der Waals surface area contributed by atoms with E-state index in [1.54, 1.807) is 0 Å². The van der Waals surface area contributed by atoms with E-state index in [2.05, 4.69) is 22.5 Å². The third kappa shape index (κ3) is 3.37. The maximum absolute atomic E-state index is 12.1. The Hall–Kier alpha value is -1.30. The molecule has 2 rings (SSSR count). The quantitative estimate of drug-likeness (QED) is 0.749. The van der Waals surface area contributed by atoms with Gasteiger partial charge in [0, 0.05) is 12.6 Å². The Morgan fingerprint density at radius 3 is 2.74 bits per heavy atom. The molecule has 0 unspecified atom stereocenters. The van der Waals surface area contributed by atoms with Crippen LogP contribution < -0.4 is 16.4 Å². The van der Waals surface area contributed by atoms with Crippen molar-refractivity contribution >= 4 is 28.2 Å². The number of aromatic nitrogens is 1. The molecule has 0 spiro atoms. The maximum atomic E-state index is 12.1.